The summed E-state index contributed by atoms with van der Waals surface area (Å²) in [4.78, 5) is 59.4. The molecule has 0 aliphatic heterocycles. The number of phenolic OH excluding ortho intramolecular Hbond substituents is 1. The lowest BCUT2D eigenvalue weighted by Crippen LogP contribution is -2.58. The van der Waals surface area contributed by atoms with Crippen LogP contribution >= 0.6 is 12.6 Å². The highest BCUT2D eigenvalue weighted by molar-refractivity contribution is 7.80. The Hall–Kier alpha value is -3.36. The van der Waals surface area contributed by atoms with Crippen LogP contribution in [-0.2, 0) is 30.4 Å². The fourth-order valence-corrected chi connectivity index (χ4v) is 2.97. The van der Waals surface area contributed by atoms with Gasteiger partial charge in [-0.15, -0.1) is 0 Å². The summed E-state index contributed by atoms with van der Waals surface area (Å²) in [5.74, 6) is -5.62. The molecule has 4 unspecified atom stereocenters. The first kappa shape index (κ1) is 28.7. The second-order valence-electron chi connectivity index (χ2n) is 7.30. The predicted octanol–water partition coefficient (Wildman–Crippen LogP) is -2.41. The fraction of sp³-hybridized carbons (Fsp3) is 0.450. The van der Waals surface area contributed by atoms with E-state index in [2.05, 4.69) is 28.6 Å². The van der Waals surface area contributed by atoms with Gasteiger partial charge in [-0.2, -0.15) is 12.6 Å². The highest BCUT2D eigenvalue weighted by Gasteiger charge is 2.30. The quantitative estimate of drug-likeness (QED) is 0.123. The lowest BCUT2D eigenvalue weighted by Gasteiger charge is -2.24. The molecule has 13 nitrogen and oxygen atoms in total. The van der Waals surface area contributed by atoms with Gasteiger partial charge in [0.2, 0.25) is 17.7 Å². The van der Waals surface area contributed by atoms with Crippen molar-refractivity contribution in [1.82, 2.24) is 16.0 Å². The number of carboxylic acid groups (broad SMARTS) is 2. The number of thiol groups is 1. The molecule has 0 heterocycles. The molecule has 0 radical (unpaired) electrons. The van der Waals surface area contributed by atoms with Gasteiger partial charge in [0.25, 0.3) is 0 Å². The van der Waals surface area contributed by atoms with Gasteiger partial charge in [0.15, 0.2) is 0 Å². The van der Waals surface area contributed by atoms with Crippen LogP contribution in [0, 0.1) is 0 Å². The number of aliphatic carboxylic acids is 2. The summed E-state index contributed by atoms with van der Waals surface area (Å²) in [5, 5.41) is 43.4. The Morgan fingerprint density at radius 1 is 0.882 bits per heavy atom. The highest BCUT2D eigenvalue weighted by atomic mass is 32.1. The van der Waals surface area contributed by atoms with Gasteiger partial charge < -0.3 is 42.1 Å². The lowest BCUT2D eigenvalue weighted by atomic mass is 10.1. The van der Waals surface area contributed by atoms with Crippen molar-refractivity contribution >= 4 is 42.3 Å². The molecule has 14 heteroatoms. The van der Waals surface area contributed by atoms with Crippen LogP contribution in [0.2, 0.25) is 0 Å². The summed E-state index contributed by atoms with van der Waals surface area (Å²) in [6.45, 7) is -0.856. The largest absolute Gasteiger partial charge is 0.508 e. The van der Waals surface area contributed by atoms with Crippen molar-refractivity contribution in [1.29, 1.82) is 0 Å². The average Bonchev–Trinajstić information content (AvgIpc) is 2.78. The first-order valence-corrected chi connectivity index (χ1v) is 10.7. The number of phenols is 1. The van der Waals surface area contributed by atoms with E-state index in [1.807, 2.05) is 0 Å². The monoisotopic (exact) mass is 500 g/mol. The SMILES string of the molecule is NC(Cc1ccc(O)cc1)C(=O)NC(CO)C(=O)NC(CCC(=O)O)C(=O)NC(CS)C(=O)O. The average molecular weight is 501 g/mol. The van der Waals surface area contributed by atoms with Gasteiger partial charge in [-0.25, -0.2) is 4.79 Å². The van der Waals surface area contributed by atoms with Crippen molar-refractivity contribution in [2.24, 2.45) is 5.73 Å². The van der Waals surface area contributed by atoms with Crippen LogP contribution in [0.5, 0.6) is 5.75 Å². The smallest absolute Gasteiger partial charge is 0.327 e. The summed E-state index contributed by atoms with van der Waals surface area (Å²) < 4.78 is 0. The fourth-order valence-electron chi connectivity index (χ4n) is 2.72. The number of aliphatic hydroxyl groups excluding tert-OH is 1. The van der Waals surface area contributed by atoms with Gasteiger partial charge in [0.05, 0.1) is 12.6 Å². The standard InChI is InChI=1S/C20H28N4O9S/c21-12(7-10-1-3-11(26)4-2-10)17(29)23-14(8-25)19(31)22-13(5-6-16(27)28)18(30)24-15(9-34)20(32)33/h1-4,12-15,25-26,34H,5-9,21H2,(H,22,31)(H,23,29)(H,24,30)(H,27,28)(H,32,33). The molecule has 0 saturated carbocycles. The number of nitrogens with two attached hydrogens (primary N) is 1. The van der Waals surface area contributed by atoms with Gasteiger partial charge in [-0.1, -0.05) is 12.1 Å². The first-order valence-electron chi connectivity index (χ1n) is 10.1. The van der Waals surface area contributed by atoms with E-state index in [4.69, 9.17) is 15.9 Å². The van der Waals surface area contributed by atoms with Crippen LogP contribution in [0.4, 0.5) is 0 Å². The highest BCUT2D eigenvalue weighted by Crippen LogP contribution is 2.11. The molecular formula is C20H28N4O9S. The van der Waals surface area contributed by atoms with Crippen molar-refractivity contribution in [2.45, 2.75) is 43.4 Å². The summed E-state index contributed by atoms with van der Waals surface area (Å²) in [6, 6.07) is 0.472. The van der Waals surface area contributed by atoms with Crippen LogP contribution in [0.25, 0.3) is 0 Å². The second kappa shape index (κ2) is 14.0. The Balaban J connectivity index is 2.82. The Morgan fingerprint density at radius 2 is 1.41 bits per heavy atom. The molecule has 1 aromatic rings. The van der Waals surface area contributed by atoms with Crippen molar-refractivity contribution in [3.05, 3.63) is 29.8 Å². The minimum Gasteiger partial charge on any atom is -0.508 e. The Bertz CT molecular complexity index is 881. The van der Waals surface area contributed by atoms with E-state index in [9.17, 15) is 34.2 Å². The topological polar surface area (TPSA) is 228 Å². The molecule has 188 valence electrons. The minimum absolute atomic E-state index is 0.0318. The van der Waals surface area contributed by atoms with E-state index in [1.165, 1.54) is 12.1 Å². The van der Waals surface area contributed by atoms with Crippen molar-refractivity contribution < 1.29 is 44.4 Å². The van der Waals surface area contributed by atoms with Gasteiger partial charge >= 0.3 is 11.9 Å². The molecule has 0 spiro atoms. The van der Waals surface area contributed by atoms with Crippen LogP contribution in [0.1, 0.15) is 18.4 Å². The summed E-state index contributed by atoms with van der Waals surface area (Å²) in [7, 11) is 0. The molecule has 0 saturated heterocycles. The third-order valence-electron chi connectivity index (χ3n) is 4.62. The Morgan fingerprint density at radius 3 is 1.91 bits per heavy atom. The first-order chi connectivity index (χ1) is 16.0. The molecule has 0 fully saturated rings. The van der Waals surface area contributed by atoms with E-state index in [1.54, 1.807) is 12.1 Å². The van der Waals surface area contributed by atoms with Gasteiger partial charge in [0.1, 0.15) is 23.9 Å². The van der Waals surface area contributed by atoms with Gasteiger partial charge in [-0.05, 0) is 30.5 Å². The molecular weight excluding hydrogens is 472 g/mol. The predicted molar refractivity (Wildman–Crippen MR) is 121 cm³/mol. The zero-order valence-electron chi connectivity index (χ0n) is 18.0. The Kier molecular flexibility index (Phi) is 11.8. The van der Waals surface area contributed by atoms with Crippen molar-refractivity contribution in [3.63, 3.8) is 0 Å². The molecule has 34 heavy (non-hydrogen) atoms. The van der Waals surface area contributed by atoms with E-state index in [0.717, 1.165) is 0 Å². The number of carboxylic acids is 2. The number of carbonyl (C=O) groups is 5. The van der Waals surface area contributed by atoms with Crippen molar-refractivity contribution in [3.8, 4) is 5.75 Å². The third-order valence-corrected chi connectivity index (χ3v) is 4.99. The normalized spacial score (nSPS) is 14.2. The molecule has 4 atom stereocenters. The number of amides is 3. The van der Waals surface area contributed by atoms with Crippen LogP contribution in [0.15, 0.2) is 24.3 Å². The molecule has 0 bridgehead atoms. The number of hydrogen-bond donors (Lipinski definition) is 9. The molecule has 0 aliphatic rings. The molecule has 1 aromatic carbocycles. The maximum atomic E-state index is 12.6. The Labute approximate surface area is 200 Å². The van der Waals surface area contributed by atoms with Crippen LogP contribution in [0.3, 0.4) is 0 Å². The van der Waals surface area contributed by atoms with Crippen LogP contribution < -0.4 is 21.7 Å². The number of aliphatic hydroxyl groups is 1. The zero-order chi connectivity index (χ0) is 25.8. The third kappa shape index (κ3) is 9.64. The number of rotatable bonds is 14. The van der Waals surface area contributed by atoms with Crippen LogP contribution in [-0.4, -0.2) is 86.6 Å². The van der Waals surface area contributed by atoms with Gasteiger partial charge in [0, 0.05) is 12.2 Å². The van der Waals surface area contributed by atoms with E-state index in [0.29, 0.717) is 5.56 Å². The van der Waals surface area contributed by atoms with E-state index >= 15 is 0 Å². The summed E-state index contributed by atoms with van der Waals surface area (Å²) in [5.41, 5.74) is 6.47. The summed E-state index contributed by atoms with van der Waals surface area (Å²) in [6.07, 6.45) is -0.835. The van der Waals surface area contributed by atoms with E-state index in [-0.39, 0.29) is 24.3 Å². The second-order valence-corrected chi connectivity index (χ2v) is 7.66. The molecule has 9 N–H and O–H groups in total. The summed E-state index contributed by atoms with van der Waals surface area (Å²) >= 11 is 3.82. The molecule has 1 rings (SSSR count). The number of hydrogen-bond acceptors (Lipinski definition) is 9. The molecule has 3 amide bonds. The minimum atomic E-state index is -1.52. The maximum Gasteiger partial charge on any atom is 0.327 e. The van der Waals surface area contributed by atoms with Gasteiger partial charge in [-0.3, -0.25) is 19.2 Å². The number of benzene rings is 1. The number of aromatic hydroxyl groups is 1. The molecule has 0 aromatic heterocycles. The van der Waals surface area contributed by atoms with E-state index < -0.39 is 66.9 Å². The lowest BCUT2D eigenvalue weighted by molar-refractivity contribution is -0.142. The number of carbonyl (C=O) groups excluding carboxylic acids is 3. The van der Waals surface area contributed by atoms with Crippen molar-refractivity contribution in [2.75, 3.05) is 12.4 Å². The maximum absolute atomic E-state index is 12.6. The molecule has 0 aliphatic carbocycles. The number of nitrogens with one attached hydrogen (secondary N) is 3. The zero-order valence-corrected chi connectivity index (χ0v) is 18.9.